The van der Waals surface area contributed by atoms with Crippen LogP contribution in [0.15, 0.2) is 0 Å². The van der Waals surface area contributed by atoms with E-state index in [2.05, 4.69) is 10.6 Å². The SMILES string of the molecule is COCCN[C](C=O)NCCOC. The summed E-state index contributed by atoms with van der Waals surface area (Å²) in [5, 5.41) is 5.77. The van der Waals surface area contributed by atoms with Gasteiger partial charge in [-0.25, -0.2) is 0 Å². The second-order valence-electron chi connectivity index (χ2n) is 2.37. The van der Waals surface area contributed by atoms with Crippen molar-refractivity contribution < 1.29 is 14.3 Å². The molecule has 0 aliphatic heterocycles. The highest BCUT2D eigenvalue weighted by atomic mass is 16.5. The molecule has 0 amide bonds. The van der Waals surface area contributed by atoms with Gasteiger partial charge >= 0.3 is 0 Å². The van der Waals surface area contributed by atoms with Gasteiger partial charge in [0.15, 0.2) is 12.5 Å². The fraction of sp³-hybridized carbons (Fsp3) is 0.750. The van der Waals surface area contributed by atoms with Crippen molar-refractivity contribution in [2.24, 2.45) is 0 Å². The molecular weight excluding hydrogens is 172 g/mol. The van der Waals surface area contributed by atoms with Crippen LogP contribution in [0.1, 0.15) is 0 Å². The highest BCUT2D eigenvalue weighted by Crippen LogP contribution is 1.81. The summed E-state index contributed by atoms with van der Waals surface area (Å²) in [5.74, 6) is 0. The van der Waals surface area contributed by atoms with Crippen LogP contribution in [-0.4, -0.2) is 46.8 Å². The van der Waals surface area contributed by atoms with Gasteiger partial charge in [-0.05, 0) is 0 Å². The first kappa shape index (κ1) is 12.5. The number of aldehydes is 1. The molecule has 1 radical (unpaired) electrons. The molecular formula is C8H17N2O3. The quantitative estimate of drug-likeness (QED) is 0.365. The molecule has 0 aliphatic carbocycles. The van der Waals surface area contributed by atoms with E-state index in [1.165, 1.54) is 0 Å². The van der Waals surface area contributed by atoms with Crippen molar-refractivity contribution in [3.63, 3.8) is 0 Å². The van der Waals surface area contributed by atoms with E-state index in [9.17, 15) is 4.79 Å². The Hall–Kier alpha value is -0.490. The Kier molecular flexibility index (Phi) is 9.24. The van der Waals surface area contributed by atoms with Crippen LogP contribution in [0.5, 0.6) is 0 Å². The van der Waals surface area contributed by atoms with Gasteiger partial charge in [0.05, 0.1) is 13.2 Å². The number of carbonyl (C=O) groups is 1. The molecule has 5 heteroatoms. The number of carbonyl (C=O) groups excluding carboxylic acids is 1. The second-order valence-corrected chi connectivity index (χ2v) is 2.37. The number of rotatable bonds is 9. The summed E-state index contributed by atoms with van der Waals surface area (Å²) in [7, 11) is 3.22. The maximum atomic E-state index is 10.4. The van der Waals surface area contributed by atoms with Crippen molar-refractivity contribution in [3.8, 4) is 0 Å². The first-order valence-corrected chi connectivity index (χ1v) is 4.13. The molecule has 0 saturated heterocycles. The molecule has 0 saturated carbocycles. The molecule has 0 spiro atoms. The van der Waals surface area contributed by atoms with Gasteiger partial charge in [-0.1, -0.05) is 0 Å². The summed E-state index contributed by atoms with van der Waals surface area (Å²) in [6, 6.07) is 0. The minimum atomic E-state index is 0.467. The lowest BCUT2D eigenvalue weighted by atomic mass is 10.5. The van der Waals surface area contributed by atoms with Crippen LogP contribution in [-0.2, 0) is 14.3 Å². The lowest BCUT2D eigenvalue weighted by Crippen LogP contribution is -2.38. The van der Waals surface area contributed by atoms with Crippen LogP contribution in [0.2, 0.25) is 0 Å². The van der Waals surface area contributed by atoms with Crippen LogP contribution in [0.4, 0.5) is 0 Å². The third kappa shape index (κ3) is 7.86. The third-order valence-electron chi connectivity index (χ3n) is 1.36. The molecule has 2 N–H and O–H groups in total. The molecule has 5 nitrogen and oxygen atoms in total. The first-order chi connectivity index (χ1) is 6.35. The Morgan fingerprint density at radius 2 is 1.62 bits per heavy atom. The van der Waals surface area contributed by atoms with Gasteiger partial charge in [0.1, 0.15) is 0 Å². The molecule has 0 aromatic heterocycles. The molecule has 0 heterocycles. The normalized spacial score (nSPS) is 10.7. The molecule has 0 rings (SSSR count). The monoisotopic (exact) mass is 189 g/mol. The largest absolute Gasteiger partial charge is 0.383 e. The van der Waals surface area contributed by atoms with Crippen molar-refractivity contribution in [1.29, 1.82) is 0 Å². The van der Waals surface area contributed by atoms with Crippen molar-refractivity contribution in [2.45, 2.75) is 0 Å². The van der Waals surface area contributed by atoms with Crippen LogP contribution in [0, 0.1) is 6.17 Å². The van der Waals surface area contributed by atoms with Crippen LogP contribution in [0.3, 0.4) is 0 Å². The van der Waals surface area contributed by atoms with Gasteiger partial charge in [0.2, 0.25) is 0 Å². The van der Waals surface area contributed by atoms with E-state index in [4.69, 9.17) is 9.47 Å². The molecule has 0 atom stereocenters. The standard InChI is InChI=1S/C8H17N2O3/c1-12-5-3-9-8(7-11)10-4-6-13-2/h7,9-10H,3-6H2,1-2H3. The van der Waals surface area contributed by atoms with Crippen molar-refractivity contribution in [2.75, 3.05) is 40.5 Å². The maximum absolute atomic E-state index is 10.4. The van der Waals surface area contributed by atoms with E-state index in [1.807, 2.05) is 0 Å². The Bertz CT molecular complexity index is 112. The molecule has 0 aromatic carbocycles. The topological polar surface area (TPSA) is 59.6 Å². The molecule has 77 valence electrons. The predicted octanol–water partition coefficient (Wildman–Crippen LogP) is -0.853. The van der Waals surface area contributed by atoms with Gasteiger partial charge in [0.25, 0.3) is 0 Å². The van der Waals surface area contributed by atoms with Crippen LogP contribution < -0.4 is 10.6 Å². The summed E-state index contributed by atoms with van der Waals surface area (Å²) < 4.78 is 9.64. The molecule has 0 fully saturated rings. The molecule has 0 aliphatic rings. The number of hydrogen-bond donors (Lipinski definition) is 2. The predicted molar refractivity (Wildman–Crippen MR) is 49.1 cm³/mol. The van der Waals surface area contributed by atoms with E-state index < -0.39 is 0 Å². The minimum Gasteiger partial charge on any atom is -0.383 e. The van der Waals surface area contributed by atoms with E-state index in [-0.39, 0.29) is 0 Å². The van der Waals surface area contributed by atoms with Crippen molar-refractivity contribution in [3.05, 3.63) is 6.17 Å². The minimum absolute atomic E-state index is 0.467. The smallest absolute Gasteiger partial charge is 0.165 e. The Morgan fingerprint density at radius 3 is 1.92 bits per heavy atom. The maximum Gasteiger partial charge on any atom is 0.165 e. The zero-order valence-electron chi connectivity index (χ0n) is 8.13. The first-order valence-electron chi connectivity index (χ1n) is 4.13. The molecule has 0 aromatic rings. The molecule has 13 heavy (non-hydrogen) atoms. The molecule has 0 bridgehead atoms. The van der Waals surface area contributed by atoms with Crippen molar-refractivity contribution in [1.82, 2.24) is 10.6 Å². The summed E-state index contributed by atoms with van der Waals surface area (Å²) in [6.45, 7) is 2.38. The average molecular weight is 189 g/mol. The number of hydrogen-bond acceptors (Lipinski definition) is 5. The Balaban J connectivity index is 3.34. The molecule has 0 unspecified atom stereocenters. The van der Waals surface area contributed by atoms with Gasteiger partial charge in [-0.3, -0.25) is 15.4 Å². The Morgan fingerprint density at radius 1 is 1.15 bits per heavy atom. The zero-order chi connectivity index (χ0) is 9.94. The number of methoxy groups -OCH3 is 2. The lowest BCUT2D eigenvalue weighted by Gasteiger charge is -2.12. The van der Waals surface area contributed by atoms with E-state index in [0.29, 0.717) is 32.5 Å². The number of ether oxygens (including phenoxy) is 2. The second kappa shape index (κ2) is 9.60. The van der Waals surface area contributed by atoms with E-state index in [0.717, 1.165) is 6.29 Å². The fourth-order valence-electron chi connectivity index (χ4n) is 0.721. The van der Waals surface area contributed by atoms with Gasteiger partial charge in [-0.2, -0.15) is 0 Å². The van der Waals surface area contributed by atoms with Crippen LogP contribution >= 0.6 is 0 Å². The summed E-state index contributed by atoms with van der Waals surface area (Å²) in [6.07, 6.45) is 1.21. The highest BCUT2D eigenvalue weighted by molar-refractivity contribution is 5.66. The van der Waals surface area contributed by atoms with Gasteiger partial charge in [0, 0.05) is 27.3 Å². The number of nitrogens with one attached hydrogen (secondary N) is 2. The Labute approximate surface area is 78.8 Å². The third-order valence-corrected chi connectivity index (χ3v) is 1.36. The average Bonchev–Trinajstić information content (AvgIpc) is 2.16. The van der Waals surface area contributed by atoms with E-state index in [1.54, 1.807) is 14.2 Å². The fourth-order valence-corrected chi connectivity index (χ4v) is 0.721. The summed E-state index contributed by atoms with van der Waals surface area (Å²) in [4.78, 5) is 10.4. The zero-order valence-corrected chi connectivity index (χ0v) is 8.13. The lowest BCUT2D eigenvalue weighted by molar-refractivity contribution is -0.107. The highest BCUT2D eigenvalue weighted by Gasteiger charge is 2.04. The van der Waals surface area contributed by atoms with Crippen LogP contribution in [0.25, 0.3) is 0 Å². The van der Waals surface area contributed by atoms with Gasteiger partial charge in [-0.15, -0.1) is 0 Å². The van der Waals surface area contributed by atoms with E-state index >= 15 is 0 Å². The van der Waals surface area contributed by atoms with Crippen molar-refractivity contribution >= 4 is 6.29 Å². The summed E-state index contributed by atoms with van der Waals surface area (Å²) >= 11 is 0. The summed E-state index contributed by atoms with van der Waals surface area (Å²) in [5.41, 5.74) is 0. The van der Waals surface area contributed by atoms with Gasteiger partial charge < -0.3 is 9.47 Å².